The molecule has 0 aromatic rings. The molecule has 0 saturated heterocycles. The second-order valence-corrected chi connectivity index (χ2v) is 9.38. The van der Waals surface area contributed by atoms with E-state index in [9.17, 15) is 14.4 Å². The number of hydrogen-bond acceptors (Lipinski definition) is 4. The fourth-order valence-corrected chi connectivity index (χ4v) is 7.04. The highest BCUT2D eigenvalue weighted by molar-refractivity contribution is 5.92. The summed E-state index contributed by atoms with van der Waals surface area (Å²) in [6.45, 7) is 7.29. The molecule has 0 amide bonds. The van der Waals surface area contributed by atoms with E-state index in [1.165, 1.54) is 18.1 Å². The molecule has 0 unspecified atom stereocenters. The van der Waals surface area contributed by atoms with Crippen molar-refractivity contribution in [2.24, 2.45) is 29.1 Å². The molecule has 0 aromatic heterocycles. The summed E-state index contributed by atoms with van der Waals surface area (Å²) < 4.78 is 5.79. The number of ketones is 2. The first-order valence-electron chi connectivity index (χ1n) is 10.3. The van der Waals surface area contributed by atoms with Crippen molar-refractivity contribution in [3.63, 3.8) is 0 Å². The van der Waals surface area contributed by atoms with Gasteiger partial charge in [-0.15, -0.1) is 0 Å². The molecule has 4 aliphatic rings. The number of carbonyl (C=O) groups is 3. The number of allylic oxidation sites excluding steroid dienone is 4. The fourth-order valence-electron chi connectivity index (χ4n) is 7.04. The number of fused-ring (bicyclic) bond motifs is 5. The van der Waals surface area contributed by atoms with Gasteiger partial charge in [0.25, 0.3) is 0 Å². The van der Waals surface area contributed by atoms with E-state index >= 15 is 0 Å². The van der Waals surface area contributed by atoms with Crippen LogP contribution in [-0.4, -0.2) is 23.1 Å². The Kier molecular flexibility index (Phi) is 4.25. The Hall–Kier alpha value is -1.71. The molecule has 0 heterocycles. The molecule has 2 fully saturated rings. The van der Waals surface area contributed by atoms with Crippen LogP contribution >= 0.6 is 0 Å². The summed E-state index contributed by atoms with van der Waals surface area (Å²) in [4.78, 5) is 36.5. The van der Waals surface area contributed by atoms with Gasteiger partial charge in [0.15, 0.2) is 17.2 Å². The van der Waals surface area contributed by atoms with Crippen LogP contribution in [-0.2, 0) is 19.1 Å². The highest BCUT2D eigenvalue weighted by Crippen LogP contribution is 2.65. The Morgan fingerprint density at radius 3 is 2.56 bits per heavy atom. The molecule has 4 rings (SSSR count). The van der Waals surface area contributed by atoms with Crippen LogP contribution < -0.4 is 0 Å². The van der Waals surface area contributed by atoms with Gasteiger partial charge < -0.3 is 4.74 Å². The highest BCUT2D eigenvalue weighted by Gasteiger charge is 2.66. The van der Waals surface area contributed by atoms with Crippen molar-refractivity contribution in [1.82, 2.24) is 0 Å². The molecule has 6 atom stereocenters. The van der Waals surface area contributed by atoms with Gasteiger partial charge in [-0.05, 0) is 81.3 Å². The van der Waals surface area contributed by atoms with Gasteiger partial charge in [-0.3, -0.25) is 14.4 Å². The summed E-state index contributed by atoms with van der Waals surface area (Å²) in [5, 5.41) is 0. The van der Waals surface area contributed by atoms with Crippen molar-refractivity contribution in [2.45, 2.75) is 71.8 Å². The lowest BCUT2D eigenvalue weighted by Crippen LogP contribution is -2.57. The highest BCUT2D eigenvalue weighted by atomic mass is 16.6. The van der Waals surface area contributed by atoms with Gasteiger partial charge in [0.2, 0.25) is 0 Å². The largest absolute Gasteiger partial charge is 0.451 e. The van der Waals surface area contributed by atoms with E-state index in [-0.39, 0.29) is 23.0 Å². The number of carbonyl (C=O) groups excluding carboxylic acids is 3. The predicted octanol–water partition coefficient (Wildman–Crippen LogP) is 4.19. The maximum absolute atomic E-state index is 12.7. The fraction of sp³-hybridized carbons (Fsp3) is 0.696. The average molecular weight is 370 g/mol. The minimum Gasteiger partial charge on any atom is -0.451 e. The van der Waals surface area contributed by atoms with Gasteiger partial charge in [0, 0.05) is 18.8 Å². The first-order valence-corrected chi connectivity index (χ1v) is 10.3. The van der Waals surface area contributed by atoms with Crippen LogP contribution in [0.3, 0.4) is 0 Å². The minimum atomic E-state index is -0.977. The lowest BCUT2D eigenvalue weighted by molar-refractivity contribution is -0.184. The predicted molar refractivity (Wildman–Crippen MR) is 102 cm³/mol. The molecule has 0 N–H and O–H groups in total. The maximum Gasteiger partial charge on any atom is 0.303 e. The molecule has 0 spiro atoms. The molecule has 4 aliphatic carbocycles. The number of ether oxygens (including phenoxy) is 1. The zero-order valence-electron chi connectivity index (χ0n) is 16.8. The molecule has 4 nitrogen and oxygen atoms in total. The number of Topliss-reactive ketones (excluding diaryl/α,β-unsaturated/α-hetero) is 1. The van der Waals surface area contributed by atoms with E-state index in [0.29, 0.717) is 36.5 Å². The standard InChI is InChI=1S/C23H30O4/c1-13-11-20-18(17-6-5-16(26)12-19(13)17)7-9-22(4)21(20)8-10-23(22,14(2)24)27-15(3)25/h11-12,17-18,20-21H,5-10H2,1-4H3/t17-,18+,20-,21-,22+,23+/m1/s1. The van der Waals surface area contributed by atoms with Crippen LogP contribution in [0.25, 0.3) is 0 Å². The van der Waals surface area contributed by atoms with Crippen LogP contribution in [0.1, 0.15) is 66.2 Å². The van der Waals surface area contributed by atoms with Crippen molar-refractivity contribution >= 4 is 17.5 Å². The van der Waals surface area contributed by atoms with Crippen LogP contribution in [0, 0.1) is 29.1 Å². The van der Waals surface area contributed by atoms with Crippen LogP contribution in [0.5, 0.6) is 0 Å². The van der Waals surface area contributed by atoms with E-state index in [4.69, 9.17) is 4.74 Å². The molecule has 2 saturated carbocycles. The maximum atomic E-state index is 12.7. The van der Waals surface area contributed by atoms with Gasteiger partial charge in [0.1, 0.15) is 0 Å². The monoisotopic (exact) mass is 370 g/mol. The van der Waals surface area contributed by atoms with Crippen molar-refractivity contribution in [2.75, 3.05) is 0 Å². The van der Waals surface area contributed by atoms with E-state index in [0.717, 1.165) is 25.7 Å². The number of rotatable bonds is 2. The topological polar surface area (TPSA) is 60.4 Å². The van der Waals surface area contributed by atoms with E-state index in [1.807, 2.05) is 6.08 Å². The third kappa shape index (κ3) is 2.51. The summed E-state index contributed by atoms with van der Waals surface area (Å²) >= 11 is 0. The second kappa shape index (κ2) is 6.15. The number of hydrogen-bond donors (Lipinski definition) is 0. The van der Waals surface area contributed by atoms with Crippen molar-refractivity contribution < 1.29 is 19.1 Å². The second-order valence-electron chi connectivity index (χ2n) is 9.38. The van der Waals surface area contributed by atoms with Gasteiger partial charge in [0.05, 0.1) is 0 Å². The Labute approximate surface area is 161 Å². The van der Waals surface area contributed by atoms with Crippen molar-refractivity contribution in [1.29, 1.82) is 0 Å². The molecule has 4 heteroatoms. The molecule has 146 valence electrons. The summed E-state index contributed by atoms with van der Waals surface area (Å²) in [5.74, 6) is 1.61. The first kappa shape index (κ1) is 18.6. The lowest BCUT2D eigenvalue weighted by atomic mass is 9.51. The number of esters is 1. The Morgan fingerprint density at radius 2 is 1.89 bits per heavy atom. The molecule has 0 radical (unpaired) electrons. The van der Waals surface area contributed by atoms with Gasteiger partial charge in [-0.1, -0.05) is 18.6 Å². The summed E-state index contributed by atoms with van der Waals surface area (Å²) in [6, 6.07) is 0. The smallest absolute Gasteiger partial charge is 0.303 e. The summed E-state index contributed by atoms with van der Waals surface area (Å²) in [5.41, 5.74) is 1.18. The molecular formula is C23H30O4. The minimum absolute atomic E-state index is 0.0125. The molecule has 0 aromatic carbocycles. The Bertz CT molecular complexity index is 775. The quantitative estimate of drug-likeness (QED) is 0.684. The zero-order chi connectivity index (χ0) is 19.6. The molecular weight excluding hydrogens is 340 g/mol. The van der Waals surface area contributed by atoms with Crippen LogP contribution in [0.4, 0.5) is 0 Å². The van der Waals surface area contributed by atoms with E-state index in [2.05, 4.69) is 19.9 Å². The SMILES string of the molecule is CC(=O)O[C@]1(C(C)=O)CC[C@@H]2[C@@H]3C=C(C)C4=CC(=O)CC[C@@H]4[C@@H]3CC[C@@]21C. The summed E-state index contributed by atoms with van der Waals surface area (Å²) in [6.07, 6.45) is 9.29. The first-order chi connectivity index (χ1) is 12.7. The molecule has 0 bridgehead atoms. The Morgan fingerprint density at radius 1 is 1.15 bits per heavy atom. The van der Waals surface area contributed by atoms with E-state index < -0.39 is 5.60 Å². The van der Waals surface area contributed by atoms with Gasteiger partial charge >= 0.3 is 5.97 Å². The molecule has 27 heavy (non-hydrogen) atoms. The van der Waals surface area contributed by atoms with E-state index in [1.54, 1.807) is 6.92 Å². The van der Waals surface area contributed by atoms with Crippen molar-refractivity contribution in [3.8, 4) is 0 Å². The summed E-state index contributed by atoms with van der Waals surface area (Å²) in [7, 11) is 0. The van der Waals surface area contributed by atoms with Crippen molar-refractivity contribution in [3.05, 3.63) is 23.3 Å². The van der Waals surface area contributed by atoms with Gasteiger partial charge in [-0.2, -0.15) is 0 Å². The van der Waals surface area contributed by atoms with Gasteiger partial charge in [-0.25, -0.2) is 0 Å². The zero-order valence-corrected chi connectivity index (χ0v) is 16.8. The lowest BCUT2D eigenvalue weighted by Gasteiger charge is -2.54. The third-order valence-corrected chi connectivity index (χ3v) is 8.22. The van der Waals surface area contributed by atoms with Crippen LogP contribution in [0.2, 0.25) is 0 Å². The normalized spacial score (nSPS) is 43.0. The Balaban J connectivity index is 1.75. The third-order valence-electron chi connectivity index (χ3n) is 8.22. The molecule has 0 aliphatic heterocycles. The average Bonchev–Trinajstić information content (AvgIpc) is 2.89. The van der Waals surface area contributed by atoms with Crippen LogP contribution in [0.15, 0.2) is 23.3 Å².